The zero-order chi connectivity index (χ0) is 25.0. The Hall–Kier alpha value is -4.35. The van der Waals surface area contributed by atoms with Gasteiger partial charge in [0.25, 0.3) is 0 Å². The standard InChI is InChI=1S/C23H20F3N5O4/c1-14-20(12-27-32-13-16-4-6-17(7-5-16)21-29-28-15(2)33-21)22(31(3)30-14)34-18-8-10-19(11-9-18)35-23(24,25)26/h4-12H,13H2,1-3H3/b27-12+. The maximum Gasteiger partial charge on any atom is 0.573 e. The minimum atomic E-state index is -4.76. The second-order valence-electron chi connectivity index (χ2n) is 7.38. The van der Waals surface area contributed by atoms with Crippen molar-refractivity contribution in [3.63, 3.8) is 0 Å². The lowest BCUT2D eigenvalue weighted by atomic mass is 10.1. The first kappa shape index (κ1) is 23.8. The number of oxime groups is 1. The number of hydrogen-bond donors (Lipinski definition) is 0. The average Bonchev–Trinajstić information content (AvgIpc) is 3.35. The highest BCUT2D eigenvalue weighted by Crippen LogP contribution is 2.29. The normalized spacial score (nSPS) is 11.7. The summed E-state index contributed by atoms with van der Waals surface area (Å²) in [5.74, 6) is 1.23. The molecule has 9 nitrogen and oxygen atoms in total. The van der Waals surface area contributed by atoms with Gasteiger partial charge in [-0.15, -0.1) is 23.4 Å². The van der Waals surface area contributed by atoms with Crippen molar-refractivity contribution in [1.82, 2.24) is 20.0 Å². The molecule has 0 atom stereocenters. The average molecular weight is 487 g/mol. The Morgan fingerprint density at radius 2 is 1.69 bits per heavy atom. The first-order valence-electron chi connectivity index (χ1n) is 10.3. The second-order valence-corrected chi connectivity index (χ2v) is 7.38. The molecule has 0 spiro atoms. The number of benzene rings is 2. The zero-order valence-corrected chi connectivity index (χ0v) is 18.9. The van der Waals surface area contributed by atoms with Crippen molar-refractivity contribution in [3.05, 3.63) is 71.2 Å². The molecule has 4 aromatic rings. The zero-order valence-electron chi connectivity index (χ0n) is 18.9. The third-order valence-electron chi connectivity index (χ3n) is 4.70. The van der Waals surface area contributed by atoms with Crippen LogP contribution < -0.4 is 9.47 Å². The van der Waals surface area contributed by atoms with Crippen LogP contribution in [0, 0.1) is 13.8 Å². The van der Waals surface area contributed by atoms with Gasteiger partial charge in [-0.3, -0.25) is 0 Å². The molecule has 0 amide bonds. The maximum absolute atomic E-state index is 12.3. The quantitative estimate of drug-likeness (QED) is 0.245. The van der Waals surface area contributed by atoms with E-state index in [0.29, 0.717) is 34.7 Å². The number of ether oxygens (including phenoxy) is 2. The fourth-order valence-corrected chi connectivity index (χ4v) is 3.10. The van der Waals surface area contributed by atoms with E-state index in [4.69, 9.17) is 14.0 Å². The third-order valence-corrected chi connectivity index (χ3v) is 4.70. The first-order valence-corrected chi connectivity index (χ1v) is 10.3. The molecule has 35 heavy (non-hydrogen) atoms. The van der Waals surface area contributed by atoms with Gasteiger partial charge in [0.05, 0.1) is 17.5 Å². The van der Waals surface area contributed by atoms with Crippen LogP contribution in [-0.4, -0.2) is 32.6 Å². The van der Waals surface area contributed by atoms with Gasteiger partial charge < -0.3 is 18.7 Å². The SMILES string of the molecule is Cc1nnc(-c2ccc(CO/N=C/c3c(C)nn(C)c3Oc3ccc(OC(F)(F)F)cc3)cc2)o1. The fourth-order valence-electron chi connectivity index (χ4n) is 3.10. The number of halogens is 3. The lowest BCUT2D eigenvalue weighted by molar-refractivity contribution is -0.274. The minimum Gasteiger partial charge on any atom is -0.439 e. The summed E-state index contributed by atoms with van der Waals surface area (Å²) in [4.78, 5) is 5.41. The molecule has 0 aliphatic carbocycles. The Kier molecular flexibility index (Phi) is 6.71. The summed E-state index contributed by atoms with van der Waals surface area (Å²) in [6.45, 7) is 3.71. The van der Waals surface area contributed by atoms with Gasteiger partial charge in [0, 0.05) is 19.5 Å². The number of aromatic nitrogens is 4. The first-order chi connectivity index (χ1) is 16.7. The van der Waals surface area contributed by atoms with Crippen molar-refractivity contribution >= 4 is 6.21 Å². The smallest absolute Gasteiger partial charge is 0.439 e. The summed E-state index contributed by atoms with van der Waals surface area (Å²) in [7, 11) is 1.67. The van der Waals surface area contributed by atoms with Gasteiger partial charge in [0.15, 0.2) is 0 Å². The van der Waals surface area contributed by atoms with E-state index >= 15 is 0 Å². The molecule has 2 heterocycles. The van der Waals surface area contributed by atoms with Crippen LogP contribution in [0.2, 0.25) is 0 Å². The highest BCUT2D eigenvalue weighted by atomic mass is 19.4. The van der Waals surface area contributed by atoms with Gasteiger partial charge >= 0.3 is 6.36 Å². The van der Waals surface area contributed by atoms with E-state index in [1.54, 1.807) is 20.9 Å². The fraction of sp³-hybridized carbons (Fsp3) is 0.217. The molecule has 0 saturated heterocycles. The molecule has 2 aromatic carbocycles. The molecule has 12 heteroatoms. The van der Waals surface area contributed by atoms with Crippen LogP contribution in [0.25, 0.3) is 11.5 Å². The molecule has 0 aliphatic rings. The largest absolute Gasteiger partial charge is 0.573 e. The van der Waals surface area contributed by atoms with E-state index in [0.717, 1.165) is 23.3 Å². The van der Waals surface area contributed by atoms with E-state index in [9.17, 15) is 13.2 Å². The molecule has 0 N–H and O–H groups in total. The van der Waals surface area contributed by atoms with E-state index in [1.807, 2.05) is 24.3 Å². The molecule has 2 aromatic heterocycles. The van der Waals surface area contributed by atoms with Gasteiger partial charge in [-0.1, -0.05) is 17.3 Å². The van der Waals surface area contributed by atoms with E-state index < -0.39 is 6.36 Å². The van der Waals surface area contributed by atoms with Crippen molar-refractivity contribution in [2.24, 2.45) is 12.2 Å². The van der Waals surface area contributed by atoms with E-state index in [1.165, 1.54) is 23.0 Å². The van der Waals surface area contributed by atoms with Crippen LogP contribution in [0.15, 0.2) is 58.1 Å². The van der Waals surface area contributed by atoms with Gasteiger partial charge in [-0.05, 0) is 48.9 Å². The summed E-state index contributed by atoms with van der Waals surface area (Å²) < 4.78 is 53.6. The maximum atomic E-state index is 12.3. The lowest BCUT2D eigenvalue weighted by Crippen LogP contribution is -2.16. The van der Waals surface area contributed by atoms with E-state index in [-0.39, 0.29) is 12.4 Å². The topological polar surface area (TPSA) is 96.8 Å². The molecule has 4 rings (SSSR count). The summed E-state index contributed by atoms with van der Waals surface area (Å²) >= 11 is 0. The Morgan fingerprint density at radius 1 is 1.00 bits per heavy atom. The third kappa shape index (κ3) is 6.16. The molecular formula is C23H20F3N5O4. The van der Waals surface area contributed by atoms with E-state index in [2.05, 4.69) is 25.2 Å². The summed E-state index contributed by atoms with van der Waals surface area (Å²) in [5, 5.41) is 16.1. The highest BCUT2D eigenvalue weighted by molar-refractivity contribution is 5.84. The predicted molar refractivity (Wildman–Crippen MR) is 118 cm³/mol. The summed E-state index contributed by atoms with van der Waals surface area (Å²) in [6.07, 6.45) is -3.30. The number of rotatable bonds is 8. The monoisotopic (exact) mass is 487 g/mol. The summed E-state index contributed by atoms with van der Waals surface area (Å²) in [6, 6.07) is 12.5. The molecule has 0 fully saturated rings. The number of alkyl halides is 3. The molecule has 0 aliphatic heterocycles. The molecule has 0 radical (unpaired) electrons. The van der Waals surface area contributed by atoms with Crippen molar-refractivity contribution < 1.29 is 31.9 Å². The van der Waals surface area contributed by atoms with Crippen molar-refractivity contribution in [1.29, 1.82) is 0 Å². The van der Waals surface area contributed by atoms with Crippen LogP contribution in [0.5, 0.6) is 17.4 Å². The Morgan fingerprint density at radius 3 is 2.31 bits per heavy atom. The lowest BCUT2D eigenvalue weighted by Gasteiger charge is -2.10. The minimum absolute atomic E-state index is 0.218. The molecule has 0 unspecified atom stereocenters. The molecule has 182 valence electrons. The van der Waals surface area contributed by atoms with Crippen LogP contribution >= 0.6 is 0 Å². The predicted octanol–water partition coefficient (Wildman–Crippen LogP) is 5.33. The van der Waals surface area contributed by atoms with Gasteiger partial charge in [0.2, 0.25) is 17.7 Å². The van der Waals surface area contributed by atoms with Crippen molar-refractivity contribution in [3.8, 4) is 28.8 Å². The van der Waals surface area contributed by atoms with Gasteiger partial charge in [-0.2, -0.15) is 5.10 Å². The number of nitrogens with zero attached hydrogens (tertiary/aromatic N) is 5. The molecule has 0 saturated carbocycles. The van der Waals surface area contributed by atoms with Crippen LogP contribution in [0.4, 0.5) is 13.2 Å². The Bertz CT molecular complexity index is 1310. The Labute approximate surface area is 197 Å². The Balaban J connectivity index is 1.38. The van der Waals surface area contributed by atoms with Gasteiger partial charge in [0.1, 0.15) is 18.1 Å². The summed E-state index contributed by atoms with van der Waals surface area (Å²) in [5.41, 5.74) is 2.86. The molecule has 0 bridgehead atoms. The number of aryl methyl sites for hydroxylation is 3. The molecular weight excluding hydrogens is 467 g/mol. The van der Waals surface area contributed by atoms with Crippen LogP contribution in [0.1, 0.15) is 22.7 Å². The van der Waals surface area contributed by atoms with Gasteiger partial charge in [-0.25, -0.2) is 4.68 Å². The number of hydrogen-bond acceptors (Lipinski definition) is 8. The van der Waals surface area contributed by atoms with Crippen LogP contribution in [0.3, 0.4) is 0 Å². The van der Waals surface area contributed by atoms with Crippen LogP contribution in [-0.2, 0) is 18.5 Å². The second kappa shape index (κ2) is 9.87. The highest BCUT2D eigenvalue weighted by Gasteiger charge is 2.31. The van der Waals surface area contributed by atoms with Crippen molar-refractivity contribution in [2.75, 3.05) is 0 Å². The van der Waals surface area contributed by atoms with Crippen molar-refractivity contribution in [2.45, 2.75) is 26.8 Å².